The minimum absolute atomic E-state index is 0.489. The molecule has 3 heteroatoms. The zero-order chi connectivity index (χ0) is 11.8. The second kappa shape index (κ2) is 7.43. The number of hydrogen-bond acceptors (Lipinski definition) is 2. The van der Waals surface area contributed by atoms with Gasteiger partial charge in [0, 0.05) is 12.2 Å². The molecule has 0 spiro atoms. The van der Waals surface area contributed by atoms with Gasteiger partial charge in [-0.25, -0.2) is 4.98 Å². The van der Waals surface area contributed by atoms with Gasteiger partial charge in [0.05, 0.1) is 0 Å². The number of aromatic nitrogens is 1. The van der Waals surface area contributed by atoms with Crippen molar-refractivity contribution in [2.45, 2.75) is 34.2 Å². The third-order valence-corrected chi connectivity index (χ3v) is 2.05. The van der Waals surface area contributed by atoms with E-state index in [1.165, 1.54) is 0 Å². The Morgan fingerprint density at radius 1 is 1.47 bits per heavy atom. The van der Waals surface area contributed by atoms with Crippen LogP contribution in [0.2, 0.25) is 5.15 Å². The van der Waals surface area contributed by atoms with Crippen molar-refractivity contribution in [2.24, 2.45) is 5.73 Å². The van der Waals surface area contributed by atoms with Gasteiger partial charge >= 0.3 is 0 Å². The summed E-state index contributed by atoms with van der Waals surface area (Å²) in [5, 5.41) is 0.506. The number of aryl methyl sites for hydroxylation is 1. The number of pyridine rings is 1. The molecule has 0 aliphatic carbocycles. The minimum atomic E-state index is 0.489. The fourth-order valence-electron chi connectivity index (χ4n) is 1.27. The Hall–Kier alpha value is -0.860. The standard InChI is InChI=1S/C10H13ClN2.C2H6/c1-3-4-9-7(2)13-10(11)5-8(9)6-12;1-2/h3-5H,6,12H2,1-2H3;1-2H3/b4-3-;. The van der Waals surface area contributed by atoms with Gasteiger partial charge in [-0.05, 0) is 31.0 Å². The van der Waals surface area contributed by atoms with Gasteiger partial charge in [-0.1, -0.05) is 37.6 Å². The molecule has 0 saturated heterocycles. The number of halogens is 1. The van der Waals surface area contributed by atoms with Gasteiger partial charge in [0.1, 0.15) is 5.15 Å². The molecule has 2 nitrogen and oxygen atoms in total. The van der Waals surface area contributed by atoms with Crippen LogP contribution in [-0.4, -0.2) is 4.98 Å². The van der Waals surface area contributed by atoms with Crippen molar-refractivity contribution in [1.29, 1.82) is 0 Å². The van der Waals surface area contributed by atoms with E-state index in [2.05, 4.69) is 4.98 Å². The van der Waals surface area contributed by atoms with E-state index < -0.39 is 0 Å². The molecule has 2 N–H and O–H groups in total. The average Bonchev–Trinajstić information content (AvgIpc) is 2.24. The van der Waals surface area contributed by atoms with E-state index in [0.29, 0.717) is 11.7 Å². The van der Waals surface area contributed by atoms with Crippen LogP contribution in [0.25, 0.3) is 6.08 Å². The van der Waals surface area contributed by atoms with E-state index in [1.807, 2.05) is 45.9 Å². The second-order valence-corrected chi connectivity index (χ2v) is 3.19. The van der Waals surface area contributed by atoms with Crippen molar-refractivity contribution < 1.29 is 0 Å². The first-order valence-electron chi connectivity index (χ1n) is 5.17. The van der Waals surface area contributed by atoms with Crippen LogP contribution < -0.4 is 5.73 Å². The highest BCUT2D eigenvalue weighted by Crippen LogP contribution is 2.18. The van der Waals surface area contributed by atoms with Gasteiger partial charge < -0.3 is 5.73 Å². The van der Waals surface area contributed by atoms with E-state index >= 15 is 0 Å². The summed E-state index contributed by atoms with van der Waals surface area (Å²) in [4.78, 5) is 4.16. The molecule has 0 unspecified atom stereocenters. The minimum Gasteiger partial charge on any atom is -0.326 e. The average molecular weight is 227 g/mol. The number of allylic oxidation sites excluding steroid dienone is 1. The van der Waals surface area contributed by atoms with E-state index in [0.717, 1.165) is 16.8 Å². The Kier molecular flexibility index (Phi) is 7.01. The number of nitrogens with zero attached hydrogens (tertiary/aromatic N) is 1. The maximum absolute atomic E-state index is 5.81. The third-order valence-electron chi connectivity index (χ3n) is 1.86. The summed E-state index contributed by atoms with van der Waals surface area (Å²) in [7, 11) is 0. The molecular formula is C12H19ClN2. The van der Waals surface area contributed by atoms with Crippen LogP contribution in [0.15, 0.2) is 12.1 Å². The molecule has 0 aliphatic rings. The van der Waals surface area contributed by atoms with Crippen LogP contribution in [0.1, 0.15) is 37.6 Å². The fourth-order valence-corrected chi connectivity index (χ4v) is 1.53. The maximum atomic E-state index is 5.81. The molecule has 0 aromatic carbocycles. The van der Waals surface area contributed by atoms with Crippen molar-refractivity contribution in [3.63, 3.8) is 0 Å². The van der Waals surface area contributed by atoms with Gasteiger partial charge in [0.2, 0.25) is 0 Å². The first kappa shape index (κ1) is 14.1. The van der Waals surface area contributed by atoms with E-state index in [4.69, 9.17) is 17.3 Å². The SMILES string of the molecule is C/C=C\c1c(CN)cc(Cl)nc1C.CC. The Morgan fingerprint density at radius 2 is 2.07 bits per heavy atom. The summed E-state index contributed by atoms with van der Waals surface area (Å²) in [6, 6.07) is 1.81. The first-order chi connectivity index (χ1) is 7.19. The molecule has 0 aliphatic heterocycles. The molecule has 1 heterocycles. The Labute approximate surface area is 97.2 Å². The molecule has 1 aromatic heterocycles. The van der Waals surface area contributed by atoms with Crippen LogP contribution in [0, 0.1) is 6.92 Å². The van der Waals surface area contributed by atoms with E-state index in [9.17, 15) is 0 Å². The third kappa shape index (κ3) is 4.02. The largest absolute Gasteiger partial charge is 0.326 e. The first-order valence-corrected chi connectivity index (χ1v) is 5.55. The molecule has 0 fully saturated rings. The van der Waals surface area contributed by atoms with E-state index in [1.54, 1.807) is 0 Å². The van der Waals surface area contributed by atoms with Crippen LogP contribution in [0.5, 0.6) is 0 Å². The zero-order valence-electron chi connectivity index (χ0n) is 9.84. The lowest BCUT2D eigenvalue weighted by Gasteiger charge is -2.06. The zero-order valence-corrected chi connectivity index (χ0v) is 10.6. The van der Waals surface area contributed by atoms with Crippen molar-refractivity contribution >= 4 is 17.7 Å². The molecule has 15 heavy (non-hydrogen) atoms. The topological polar surface area (TPSA) is 38.9 Å². The predicted molar refractivity (Wildman–Crippen MR) is 67.9 cm³/mol. The van der Waals surface area contributed by atoms with Crippen molar-refractivity contribution in [2.75, 3.05) is 0 Å². The van der Waals surface area contributed by atoms with Crippen LogP contribution in [0.3, 0.4) is 0 Å². The Morgan fingerprint density at radius 3 is 2.53 bits per heavy atom. The molecule has 0 amide bonds. The summed E-state index contributed by atoms with van der Waals surface area (Å²) in [6.45, 7) is 8.39. The lowest BCUT2D eigenvalue weighted by atomic mass is 10.1. The second-order valence-electron chi connectivity index (χ2n) is 2.81. The van der Waals surface area contributed by atoms with Gasteiger partial charge in [0.25, 0.3) is 0 Å². The molecule has 1 rings (SSSR count). The van der Waals surface area contributed by atoms with Crippen LogP contribution in [0.4, 0.5) is 0 Å². The summed E-state index contributed by atoms with van der Waals surface area (Å²) >= 11 is 5.81. The lowest BCUT2D eigenvalue weighted by molar-refractivity contribution is 1.03. The number of rotatable bonds is 2. The quantitative estimate of drug-likeness (QED) is 0.784. The van der Waals surface area contributed by atoms with Crippen molar-refractivity contribution in [3.05, 3.63) is 34.1 Å². The van der Waals surface area contributed by atoms with Gasteiger partial charge in [-0.3, -0.25) is 0 Å². The summed E-state index contributed by atoms with van der Waals surface area (Å²) in [5.74, 6) is 0. The predicted octanol–water partition coefficient (Wildman–Crippen LogP) is 3.56. The van der Waals surface area contributed by atoms with Crippen molar-refractivity contribution in [1.82, 2.24) is 4.98 Å². The summed E-state index contributed by atoms with van der Waals surface area (Å²) in [6.07, 6.45) is 3.97. The van der Waals surface area contributed by atoms with Crippen molar-refractivity contribution in [3.8, 4) is 0 Å². The smallest absolute Gasteiger partial charge is 0.129 e. The highest BCUT2D eigenvalue weighted by atomic mass is 35.5. The molecule has 0 bridgehead atoms. The lowest BCUT2D eigenvalue weighted by Crippen LogP contribution is -2.02. The van der Waals surface area contributed by atoms with Crippen LogP contribution >= 0.6 is 11.6 Å². The molecule has 84 valence electrons. The Balaban J connectivity index is 0.000000921. The highest BCUT2D eigenvalue weighted by molar-refractivity contribution is 6.29. The molecular weight excluding hydrogens is 208 g/mol. The molecule has 0 radical (unpaired) electrons. The maximum Gasteiger partial charge on any atom is 0.129 e. The fraction of sp³-hybridized carbons (Fsp3) is 0.417. The monoisotopic (exact) mass is 226 g/mol. The number of nitrogens with two attached hydrogens (primary N) is 1. The summed E-state index contributed by atoms with van der Waals surface area (Å²) in [5.41, 5.74) is 8.64. The van der Waals surface area contributed by atoms with Crippen LogP contribution in [-0.2, 0) is 6.54 Å². The van der Waals surface area contributed by atoms with Gasteiger partial charge in [-0.15, -0.1) is 0 Å². The molecule has 0 saturated carbocycles. The van der Waals surface area contributed by atoms with Gasteiger partial charge in [0.15, 0.2) is 0 Å². The molecule has 1 aromatic rings. The molecule has 0 atom stereocenters. The van der Waals surface area contributed by atoms with E-state index in [-0.39, 0.29) is 0 Å². The van der Waals surface area contributed by atoms with Gasteiger partial charge in [-0.2, -0.15) is 0 Å². The highest BCUT2D eigenvalue weighted by Gasteiger charge is 2.04. The normalized spacial score (nSPS) is 10.0. The Bertz CT molecular complexity index is 333. The number of hydrogen-bond donors (Lipinski definition) is 1. The summed E-state index contributed by atoms with van der Waals surface area (Å²) < 4.78 is 0.